The van der Waals surface area contributed by atoms with Crippen molar-refractivity contribution in [3.05, 3.63) is 71.8 Å². The molecule has 4 rings (SSSR count). The summed E-state index contributed by atoms with van der Waals surface area (Å²) in [7, 11) is 8.03. The van der Waals surface area contributed by atoms with Crippen molar-refractivity contribution in [2.45, 2.75) is 87.2 Å². The maximum absolute atomic E-state index is 12.4. The van der Waals surface area contributed by atoms with E-state index in [9.17, 15) is 19.8 Å². The molecule has 2 aromatic carbocycles. The van der Waals surface area contributed by atoms with E-state index < -0.39 is 23.1 Å². The Labute approximate surface area is 262 Å². The zero-order chi connectivity index (χ0) is 31.7. The Bertz CT molecular complexity index is 1140. The average Bonchev–Trinajstić information content (AvgIpc) is 2.99. The highest BCUT2D eigenvalue weighted by Crippen LogP contribution is 2.42. The maximum atomic E-state index is 12.4. The highest BCUT2D eigenvalue weighted by atomic mass is 16.5. The molecule has 0 radical (unpaired) electrons. The van der Waals surface area contributed by atoms with Crippen LogP contribution in [0.5, 0.6) is 11.5 Å². The minimum atomic E-state index is -0.742. The molecule has 0 aliphatic heterocycles. The zero-order valence-electron chi connectivity index (χ0n) is 26.8. The molecule has 2 aliphatic carbocycles. The Morgan fingerprint density at radius 1 is 0.636 bits per heavy atom. The predicted molar refractivity (Wildman–Crippen MR) is 172 cm³/mol. The van der Waals surface area contributed by atoms with E-state index in [2.05, 4.69) is 9.80 Å². The Kier molecular flexibility index (Phi) is 11.8. The number of carbonyl (C=O) groups excluding carboxylic acids is 2. The number of likely N-dealkylation sites (N-methyl/N-ethyl adjacent to an activating group) is 2. The van der Waals surface area contributed by atoms with Crippen molar-refractivity contribution < 1.29 is 29.3 Å². The van der Waals surface area contributed by atoms with Gasteiger partial charge < -0.3 is 29.5 Å². The van der Waals surface area contributed by atoms with Crippen LogP contribution in [0.25, 0.3) is 0 Å². The first kappa shape index (κ1) is 33.8. The molecule has 240 valence electrons. The Morgan fingerprint density at radius 2 is 0.955 bits per heavy atom. The number of hydrogen-bond donors (Lipinski definition) is 2. The summed E-state index contributed by atoms with van der Waals surface area (Å²) < 4.78 is 10.8. The second-order valence-corrected chi connectivity index (χ2v) is 13.3. The molecular formula is C36H50N2O6. The topological polar surface area (TPSA) is 99.5 Å². The number of esters is 2. The molecule has 2 aromatic rings. The van der Waals surface area contributed by atoms with Crippen molar-refractivity contribution in [2.24, 2.45) is 0 Å². The van der Waals surface area contributed by atoms with E-state index in [0.29, 0.717) is 11.5 Å². The smallest absolute Gasteiger partial charge is 0.336 e. The second-order valence-electron chi connectivity index (χ2n) is 13.3. The summed E-state index contributed by atoms with van der Waals surface area (Å²) in [5.74, 6) is -0.734. The van der Waals surface area contributed by atoms with Gasteiger partial charge in [0.2, 0.25) is 0 Å². The van der Waals surface area contributed by atoms with E-state index in [0.717, 1.165) is 101 Å². The molecule has 0 bridgehead atoms. The summed E-state index contributed by atoms with van der Waals surface area (Å²) in [5.41, 5.74) is 0.533. The van der Waals surface area contributed by atoms with Gasteiger partial charge in [0.05, 0.1) is 11.2 Å². The molecule has 2 fully saturated rings. The van der Waals surface area contributed by atoms with E-state index in [-0.39, 0.29) is 11.8 Å². The van der Waals surface area contributed by atoms with Gasteiger partial charge in [-0.2, -0.15) is 0 Å². The quantitative estimate of drug-likeness (QED) is 0.187. The van der Waals surface area contributed by atoms with Gasteiger partial charge in [0, 0.05) is 37.1 Å². The van der Waals surface area contributed by atoms with Crippen molar-refractivity contribution in [1.82, 2.24) is 9.80 Å². The van der Waals surface area contributed by atoms with Crippen LogP contribution in [0.1, 0.15) is 87.2 Å². The summed E-state index contributed by atoms with van der Waals surface area (Å²) in [6.07, 6.45) is 11.7. The molecule has 2 unspecified atom stereocenters. The van der Waals surface area contributed by atoms with Crippen LogP contribution < -0.4 is 9.47 Å². The molecule has 2 aliphatic rings. The first-order valence-corrected chi connectivity index (χ1v) is 16.0. The molecule has 0 spiro atoms. The number of hydrogen-bond acceptors (Lipinski definition) is 8. The lowest BCUT2D eigenvalue weighted by atomic mass is 9.72. The molecule has 44 heavy (non-hydrogen) atoms. The molecule has 0 heterocycles. The summed E-state index contributed by atoms with van der Waals surface area (Å²) in [6.45, 7) is 1.45. The maximum Gasteiger partial charge on any atom is 0.336 e. The fraction of sp³-hybridized carbons (Fsp3) is 0.556. The van der Waals surface area contributed by atoms with Gasteiger partial charge >= 0.3 is 11.9 Å². The second kappa shape index (κ2) is 15.3. The van der Waals surface area contributed by atoms with Gasteiger partial charge in [-0.15, -0.1) is 0 Å². The molecule has 2 saturated carbocycles. The fourth-order valence-corrected chi connectivity index (χ4v) is 6.90. The van der Waals surface area contributed by atoms with Gasteiger partial charge in [-0.1, -0.05) is 62.8 Å². The molecule has 2 N–H and O–H groups in total. The van der Waals surface area contributed by atoms with Crippen molar-refractivity contribution in [2.75, 3.05) is 41.3 Å². The summed E-state index contributed by atoms with van der Waals surface area (Å²) >= 11 is 0. The monoisotopic (exact) mass is 606 g/mol. The lowest BCUT2D eigenvalue weighted by molar-refractivity contribution is -0.131. The minimum absolute atomic E-state index is 0.0397. The normalized spacial score (nSPS) is 19.5. The molecule has 0 saturated heterocycles. The number of benzene rings is 2. The van der Waals surface area contributed by atoms with Crippen LogP contribution in [0.3, 0.4) is 0 Å². The van der Waals surface area contributed by atoms with Crippen LogP contribution in [0.4, 0.5) is 0 Å². The van der Waals surface area contributed by atoms with Crippen LogP contribution in [0.2, 0.25) is 0 Å². The molecule has 8 heteroatoms. The van der Waals surface area contributed by atoms with Gasteiger partial charge in [0.15, 0.2) is 0 Å². The van der Waals surface area contributed by atoms with E-state index in [1.54, 1.807) is 24.3 Å². The van der Waals surface area contributed by atoms with Crippen LogP contribution in [0.15, 0.2) is 60.7 Å². The molecule has 0 aromatic heterocycles. The van der Waals surface area contributed by atoms with E-state index >= 15 is 0 Å². The lowest BCUT2D eigenvalue weighted by Crippen LogP contribution is -2.42. The number of nitrogens with zero attached hydrogens (tertiary/aromatic N) is 2. The Hall–Kier alpha value is -3.04. The predicted octanol–water partition coefficient (Wildman–Crippen LogP) is 5.43. The largest absolute Gasteiger partial charge is 0.423 e. The lowest BCUT2D eigenvalue weighted by Gasteiger charge is -2.40. The van der Waals surface area contributed by atoms with Gasteiger partial charge in [-0.05, 0) is 89.3 Å². The van der Waals surface area contributed by atoms with Crippen molar-refractivity contribution in [3.8, 4) is 11.5 Å². The van der Waals surface area contributed by atoms with Gasteiger partial charge in [0.1, 0.15) is 11.5 Å². The number of ether oxygens (including phenoxy) is 2. The highest BCUT2D eigenvalue weighted by Gasteiger charge is 2.40. The molecular weight excluding hydrogens is 556 g/mol. The van der Waals surface area contributed by atoms with Crippen LogP contribution in [-0.4, -0.2) is 84.4 Å². The summed E-state index contributed by atoms with van der Waals surface area (Å²) in [5, 5.41) is 22.9. The fourth-order valence-electron chi connectivity index (χ4n) is 6.90. The summed E-state index contributed by atoms with van der Waals surface area (Å²) in [6, 6.07) is 14.5. The first-order chi connectivity index (χ1) is 21.0. The first-order valence-electron chi connectivity index (χ1n) is 16.0. The molecule has 8 nitrogen and oxygen atoms in total. The minimum Gasteiger partial charge on any atom is -0.423 e. The molecule has 2 atom stereocenters. The summed E-state index contributed by atoms with van der Waals surface area (Å²) in [4.78, 5) is 29.0. The van der Waals surface area contributed by atoms with Gasteiger partial charge in [-0.25, -0.2) is 9.59 Å². The third kappa shape index (κ3) is 9.24. The van der Waals surface area contributed by atoms with E-state index in [4.69, 9.17) is 9.47 Å². The van der Waals surface area contributed by atoms with Gasteiger partial charge in [-0.3, -0.25) is 0 Å². The number of carbonyl (C=O) groups is 2. The number of rotatable bonds is 12. The Balaban J connectivity index is 1.33. The van der Waals surface area contributed by atoms with Crippen molar-refractivity contribution >= 4 is 11.9 Å². The average molecular weight is 607 g/mol. The van der Waals surface area contributed by atoms with Crippen molar-refractivity contribution in [1.29, 1.82) is 0 Å². The molecule has 0 amide bonds. The van der Waals surface area contributed by atoms with Crippen LogP contribution in [0, 0.1) is 0 Å². The van der Waals surface area contributed by atoms with Crippen molar-refractivity contribution in [3.63, 3.8) is 0 Å². The van der Waals surface area contributed by atoms with Crippen LogP contribution >= 0.6 is 0 Å². The highest BCUT2D eigenvalue weighted by molar-refractivity contribution is 5.93. The third-order valence-electron chi connectivity index (χ3n) is 9.19. The SMILES string of the molecule is CN(C)CC(c1ccc(OC(=O)/C=C/C(=O)Oc2ccc(C(CN(C)C)C3(O)CCCCC3)cc2)cc1)C1(O)CCCCC1. The third-order valence-corrected chi connectivity index (χ3v) is 9.19. The zero-order valence-corrected chi connectivity index (χ0v) is 26.8. The standard InChI is InChI=1S/C36H50N2O6/c1-37(2)25-31(35(41)21-7-5-8-22-35)27-11-15-29(16-12-27)43-33(39)19-20-34(40)44-30-17-13-28(14-18-30)32(26-38(3)4)36(42)23-9-6-10-24-36/h11-20,31-32,41-42H,5-10,21-26H2,1-4H3/b20-19+. The van der Waals surface area contributed by atoms with Gasteiger partial charge in [0.25, 0.3) is 0 Å². The van der Waals surface area contributed by atoms with Crippen LogP contribution in [-0.2, 0) is 9.59 Å². The number of aliphatic hydroxyl groups is 2. The Morgan fingerprint density at radius 3 is 1.25 bits per heavy atom. The van der Waals surface area contributed by atoms with E-state index in [1.807, 2.05) is 52.5 Å². The van der Waals surface area contributed by atoms with E-state index in [1.165, 1.54) is 0 Å².